The van der Waals surface area contributed by atoms with E-state index in [1.165, 1.54) is 25.8 Å². The van der Waals surface area contributed by atoms with Crippen molar-refractivity contribution in [1.82, 2.24) is 9.80 Å². The van der Waals surface area contributed by atoms with E-state index in [0.29, 0.717) is 12.2 Å². The summed E-state index contributed by atoms with van der Waals surface area (Å²) in [5, 5.41) is 0. The Labute approximate surface area is 88.6 Å². The molecular weight excluding hydrogens is 172 g/mol. The minimum atomic E-state index is 0.611. The molecule has 1 heterocycles. The van der Waals surface area contributed by atoms with Crippen LogP contribution in [0.25, 0.3) is 0 Å². The van der Waals surface area contributed by atoms with Gasteiger partial charge in [-0.1, -0.05) is 20.3 Å². The number of hydrogen-bond donors (Lipinski definition) is 0. The zero-order chi connectivity index (χ0) is 10.6. The van der Waals surface area contributed by atoms with E-state index in [4.69, 9.17) is 0 Å². The molecule has 1 rings (SSSR count). The first-order chi connectivity index (χ1) is 6.70. The third-order valence-corrected chi connectivity index (χ3v) is 2.78. The van der Waals surface area contributed by atoms with Gasteiger partial charge in [0.1, 0.15) is 6.17 Å². The van der Waals surface area contributed by atoms with Crippen molar-refractivity contribution in [3.63, 3.8) is 0 Å². The van der Waals surface area contributed by atoms with Gasteiger partial charge in [0.25, 0.3) is 0 Å². The highest BCUT2D eigenvalue weighted by Gasteiger charge is 2.25. The van der Waals surface area contributed by atoms with Crippen LogP contribution in [0.2, 0.25) is 0 Å². The van der Waals surface area contributed by atoms with Crippen LogP contribution in [0.4, 0.5) is 0 Å². The van der Waals surface area contributed by atoms with Gasteiger partial charge in [-0.2, -0.15) is 0 Å². The Bertz CT molecular complexity index is 187. The van der Waals surface area contributed by atoms with Crippen LogP contribution in [0.15, 0.2) is 12.4 Å². The Morgan fingerprint density at radius 1 is 1.14 bits per heavy atom. The smallest absolute Gasteiger partial charge is 0.101 e. The summed E-state index contributed by atoms with van der Waals surface area (Å²) in [6.07, 6.45) is 8.88. The number of rotatable bonds is 5. The second-order valence-corrected chi connectivity index (χ2v) is 4.35. The van der Waals surface area contributed by atoms with Gasteiger partial charge in [0.05, 0.1) is 0 Å². The van der Waals surface area contributed by atoms with Crippen LogP contribution in [0, 0.1) is 0 Å². The van der Waals surface area contributed by atoms with Crippen LogP contribution in [0.1, 0.15) is 47.0 Å². The summed E-state index contributed by atoms with van der Waals surface area (Å²) in [5.74, 6) is 0. The molecule has 2 nitrogen and oxygen atoms in total. The maximum absolute atomic E-state index is 2.48. The maximum Gasteiger partial charge on any atom is 0.101 e. The Kier molecular flexibility index (Phi) is 4.30. The molecule has 0 saturated heterocycles. The summed E-state index contributed by atoms with van der Waals surface area (Å²) in [4.78, 5) is 4.95. The number of hydrogen-bond acceptors (Lipinski definition) is 2. The average molecular weight is 196 g/mol. The van der Waals surface area contributed by atoms with Gasteiger partial charge in [0.2, 0.25) is 0 Å². The van der Waals surface area contributed by atoms with Gasteiger partial charge in [-0.05, 0) is 26.7 Å². The molecule has 1 atom stereocenters. The van der Waals surface area contributed by atoms with Gasteiger partial charge in [-0.25, -0.2) is 0 Å². The molecule has 2 heteroatoms. The molecule has 0 amide bonds. The van der Waals surface area contributed by atoms with Crippen molar-refractivity contribution in [2.45, 2.75) is 59.2 Å². The molecule has 0 radical (unpaired) electrons. The first-order valence-electron chi connectivity index (χ1n) is 5.92. The highest BCUT2D eigenvalue weighted by Crippen LogP contribution is 2.22. The summed E-state index contributed by atoms with van der Waals surface area (Å²) in [6.45, 7) is 10.2. The molecule has 1 unspecified atom stereocenters. The van der Waals surface area contributed by atoms with E-state index >= 15 is 0 Å². The van der Waals surface area contributed by atoms with E-state index < -0.39 is 0 Å². The quantitative estimate of drug-likeness (QED) is 0.667. The standard InChI is InChI=1S/C12H24N2/c1-5-7-12-13(8-6-2)9-10-14(12)11(3)4/h9-12H,5-8H2,1-4H3. The van der Waals surface area contributed by atoms with Crippen LogP contribution < -0.4 is 0 Å². The molecule has 0 N–H and O–H groups in total. The largest absolute Gasteiger partial charge is 0.356 e. The van der Waals surface area contributed by atoms with E-state index in [2.05, 4.69) is 49.9 Å². The summed E-state index contributed by atoms with van der Waals surface area (Å²) in [5.41, 5.74) is 0. The first kappa shape index (κ1) is 11.4. The SMILES string of the molecule is CCCC1N(CCC)C=CN1C(C)C. The first-order valence-corrected chi connectivity index (χ1v) is 5.92. The molecular formula is C12H24N2. The number of nitrogens with zero attached hydrogens (tertiary/aromatic N) is 2. The van der Waals surface area contributed by atoms with Crippen molar-refractivity contribution in [3.05, 3.63) is 12.4 Å². The summed E-state index contributed by atoms with van der Waals surface area (Å²) < 4.78 is 0. The Morgan fingerprint density at radius 3 is 2.36 bits per heavy atom. The van der Waals surface area contributed by atoms with Gasteiger partial charge >= 0.3 is 0 Å². The summed E-state index contributed by atoms with van der Waals surface area (Å²) in [6, 6.07) is 0.615. The molecule has 0 aromatic heterocycles. The molecule has 0 saturated carbocycles. The van der Waals surface area contributed by atoms with Crippen LogP contribution in [0.5, 0.6) is 0 Å². The van der Waals surface area contributed by atoms with Crippen LogP contribution >= 0.6 is 0 Å². The van der Waals surface area contributed by atoms with E-state index in [1.54, 1.807) is 0 Å². The van der Waals surface area contributed by atoms with E-state index in [9.17, 15) is 0 Å². The normalized spacial score (nSPS) is 21.4. The molecule has 0 bridgehead atoms. The van der Waals surface area contributed by atoms with Gasteiger partial charge in [0.15, 0.2) is 0 Å². The Morgan fingerprint density at radius 2 is 1.86 bits per heavy atom. The van der Waals surface area contributed by atoms with Gasteiger partial charge < -0.3 is 9.80 Å². The third-order valence-electron chi connectivity index (χ3n) is 2.78. The van der Waals surface area contributed by atoms with Crippen molar-refractivity contribution >= 4 is 0 Å². The second kappa shape index (κ2) is 5.28. The van der Waals surface area contributed by atoms with E-state index in [0.717, 1.165) is 0 Å². The van der Waals surface area contributed by atoms with Crippen LogP contribution in [0.3, 0.4) is 0 Å². The van der Waals surface area contributed by atoms with Gasteiger partial charge in [-0.3, -0.25) is 0 Å². The molecule has 1 aliphatic rings. The fourth-order valence-corrected chi connectivity index (χ4v) is 2.10. The van der Waals surface area contributed by atoms with Crippen molar-refractivity contribution in [2.75, 3.05) is 6.54 Å². The predicted octanol–water partition coefficient (Wildman–Crippen LogP) is 3.02. The van der Waals surface area contributed by atoms with E-state index in [-0.39, 0.29) is 0 Å². The second-order valence-electron chi connectivity index (χ2n) is 4.35. The Hall–Kier alpha value is -0.660. The lowest BCUT2D eigenvalue weighted by Gasteiger charge is -2.35. The maximum atomic E-state index is 2.48. The molecule has 0 aliphatic carbocycles. The van der Waals surface area contributed by atoms with Crippen LogP contribution in [-0.4, -0.2) is 28.6 Å². The third kappa shape index (κ3) is 2.43. The van der Waals surface area contributed by atoms with Crippen molar-refractivity contribution < 1.29 is 0 Å². The van der Waals surface area contributed by atoms with E-state index in [1.807, 2.05) is 0 Å². The monoisotopic (exact) mass is 196 g/mol. The molecule has 82 valence electrons. The molecule has 14 heavy (non-hydrogen) atoms. The highest BCUT2D eigenvalue weighted by atomic mass is 15.4. The molecule has 0 aromatic rings. The summed E-state index contributed by atoms with van der Waals surface area (Å²) >= 11 is 0. The molecule has 0 aromatic carbocycles. The molecule has 1 aliphatic heterocycles. The lowest BCUT2D eigenvalue weighted by Crippen LogP contribution is -2.41. The van der Waals surface area contributed by atoms with Crippen molar-refractivity contribution in [1.29, 1.82) is 0 Å². The van der Waals surface area contributed by atoms with Crippen molar-refractivity contribution in [3.8, 4) is 0 Å². The molecule has 0 fully saturated rings. The lowest BCUT2D eigenvalue weighted by molar-refractivity contribution is 0.117. The van der Waals surface area contributed by atoms with Gasteiger partial charge in [0, 0.05) is 25.0 Å². The predicted molar refractivity (Wildman–Crippen MR) is 61.8 cm³/mol. The molecule has 0 spiro atoms. The zero-order valence-electron chi connectivity index (χ0n) is 10.0. The Balaban J connectivity index is 2.59. The lowest BCUT2D eigenvalue weighted by atomic mass is 10.2. The fourth-order valence-electron chi connectivity index (χ4n) is 2.10. The van der Waals surface area contributed by atoms with Crippen molar-refractivity contribution in [2.24, 2.45) is 0 Å². The zero-order valence-corrected chi connectivity index (χ0v) is 10.0. The van der Waals surface area contributed by atoms with Gasteiger partial charge in [-0.15, -0.1) is 0 Å². The minimum Gasteiger partial charge on any atom is -0.356 e. The highest BCUT2D eigenvalue weighted by molar-refractivity contribution is 4.98. The summed E-state index contributed by atoms with van der Waals surface area (Å²) in [7, 11) is 0. The van der Waals surface area contributed by atoms with Crippen LogP contribution in [-0.2, 0) is 0 Å². The topological polar surface area (TPSA) is 6.48 Å². The average Bonchev–Trinajstić information content (AvgIpc) is 2.50. The fraction of sp³-hybridized carbons (Fsp3) is 0.833. The minimum absolute atomic E-state index is 0.611.